The van der Waals surface area contributed by atoms with Crippen molar-refractivity contribution in [1.29, 1.82) is 0 Å². The summed E-state index contributed by atoms with van der Waals surface area (Å²) in [5.41, 5.74) is 5.57. The Balaban J connectivity index is 2.57. The third kappa shape index (κ3) is 1.21. The molecule has 0 radical (unpaired) electrons. The van der Waals surface area contributed by atoms with Gasteiger partial charge in [0.05, 0.1) is 6.54 Å². The molecule has 0 aromatic rings. The van der Waals surface area contributed by atoms with E-state index in [2.05, 4.69) is 25.0 Å². The number of hydrazine groups is 1. The molecule has 1 heterocycles. The Hall–Kier alpha value is -0.760. The van der Waals surface area contributed by atoms with Gasteiger partial charge in [-0.15, -0.1) is 0 Å². The maximum absolute atomic E-state index is 3.89. The molecule has 1 N–H and O–H groups in total. The van der Waals surface area contributed by atoms with E-state index < -0.39 is 0 Å². The summed E-state index contributed by atoms with van der Waals surface area (Å²) in [4.78, 5) is 0. The molecule has 0 saturated heterocycles. The van der Waals surface area contributed by atoms with Crippen LogP contribution in [0, 0.1) is 0 Å². The summed E-state index contributed by atoms with van der Waals surface area (Å²) in [6.45, 7) is 7.05. The van der Waals surface area contributed by atoms with Gasteiger partial charge in [-0.2, -0.15) is 0 Å². The van der Waals surface area contributed by atoms with Gasteiger partial charge in [0.25, 0.3) is 0 Å². The van der Waals surface area contributed by atoms with E-state index in [0.717, 1.165) is 18.7 Å². The summed E-state index contributed by atoms with van der Waals surface area (Å²) in [6.07, 6.45) is 3.26. The molecule has 56 valence electrons. The van der Waals surface area contributed by atoms with Crippen molar-refractivity contribution < 1.29 is 0 Å². The van der Waals surface area contributed by atoms with Gasteiger partial charge in [0, 0.05) is 12.7 Å². The van der Waals surface area contributed by atoms with Crippen LogP contribution >= 0.6 is 0 Å². The van der Waals surface area contributed by atoms with Crippen LogP contribution in [0.1, 0.15) is 13.3 Å². The molecule has 0 amide bonds. The first-order valence-electron chi connectivity index (χ1n) is 3.61. The third-order valence-electron chi connectivity index (χ3n) is 1.80. The zero-order valence-corrected chi connectivity index (χ0v) is 6.65. The van der Waals surface area contributed by atoms with Crippen LogP contribution in [-0.4, -0.2) is 18.6 Å². The largest absolute Gasteiger partial charge is 0.305 e. The lowest BCUT2D eigenvalue weighted by atomic mass is 10.2. The number of rotatable bonds is 2. The molecule has 2 nitrogen and oxygen atoms in total. The first-order valence-corrected chi connectivity index (χ1v) is 3.61. The van der Waals surface area contributed by atoms with E-state index in [1.807, 2.05) is 12.1 Å². The predicted octanol–water partition coefficient (Wildman–Crippen LogP) is 1.29. The molecule has 0 aliphatic carbocycles. The summed E-state index contributed by atoms with van der Waals surface area (Å²) in [7, 11) is 1.91. The standard InChI is InChI=1S/C8H14N2/c1-4-8-5-7(2)10(6-8)9-3/h5,9H,2,4,6H2,1,3H3. The molecule has 0 spiro atoms. The zero-order chi connectivity index (χ0) is 7.56. The van der Waals surface area contributed by atoms with Gasteiger partial charge >= 0.3 is 0 Å². The Labute approximate surface area is 62.2 Å². The van der Waals surface area contributed by atoms with E-state index in [4.69, 9.17) is 0 Å². The van der Waals surface area contributed by atoms with E-state index in [-0.39, 0.29) is 0 Å². The minimum Gasteiger partial charge on any atom is -0.305 e. The Morgan fingerprint density at radius 2 is 2.50 bits per heavy atom. The fraction of sp³-hybridized carbons (Fsp3) is 0.500. The second kappa shape index (κ2) is 2.88. The van der Waals surface area contributed by atoms with Gasteiger partial charge in [0.1, 0.15) is 0 Å². The topological polar surface area (TPSA) is 15.3 Å². The molecular formula is C8H14N2. The average Bonchev–Trinajstić information content (AvgIpc) is 2.30. The highest BCUT2D eigenvalue weighted by Crippen LogP contribution is 2.17. The molecule has 1 rings (SSSR count). The van der Waals surface area contributed by atoms with E-state index in [1.54, 1.807) is 0 Å². The maximum Gasteiger partial charge on any atom is 0.0558 e. The van der Waals surface area contributed by atoms with Crippen molar-refractivity contribution in [3.63, 3.8) is 0 Å². The number of allylic oxidation sites excluding steroid dienone is 1. The van der Waals surface area contributed by atoms with Crippen molar-refractivity contribution in [3.05, 3.63) is 23.9 Å². The quantitative estimate of drug-likeness (QED) is 0.618. The molecule has 0 fully saturated rings. The summed E-state index contributed by atoms with van der Waals surface area (Å²) >= 11 is 0. The highest BCUT2D eigenvalue weighted by Gasteiger charge is 2.12. The van der Waals surface area contributed by atoms with Crippen molar-refractivity contribution in [2.45, 2.75) is 13.3 Å². The van der Waals surface area contributed by atoms with Crippen molar-refractivity contribution in [3.8, 4) is 0 Å². The van der Waals surface area contributed by atoms with Crippen LogP contribution in [0.5, 0.6) is 0 Å². The summed E-state index contributed by atoms with van der Waals surface area (Å²) in [5.74, 6) is 0. The minimum absolute atomic E-state index is 0.992. The van der Waals surface area contributed by atoms with Crippen molar-refractivity contribution >= 4 is 0 Å². The predicted molar refractivity (Wildman–Crippen MR) is 43.3 cm³/mol. The SMILES string of the molecule is C=C1C=C(CC)CN1NC. The van der Waals surface area contributed by atoms with Gasteiger partial charge < -0.3 is 5.01 Å². The number of hydrogen-bond acceptors (Lipinski definition) is 2. The van der Waals surface area contributed by atoms with Crippen molar-refractivity contribution in [2.75, 3.05) is 13.6 Å². The lowest BCUT2D eigenvalue weighted by molar-refractivity contribution is 0.318. The van der Waals surface area contributed by atoms with Gasteiger partial charge in [0.2, 0.25) is 0 Å². The monoisotopic (exact) mass is 138 g/mol. The van der Waals surface area contributed by atoms with Crippen LogP contribution in [-0.2, 0) is 0 Å². The molecule has 1 aliphatic rings. The second-order valence-electron chi connectivity index (χ2n) is 2.46. The minimum atomic E-state index is 0.992. The smallest absolute Gasteiger partial charge is 0.0558 e. The van der Waals surface area contributed by atoms with Gasteiger partial charge in [-0.05, 0) is 18.1 Å². The van der Waals surface area contributed by atoms with Gasteiger partial charge in [-0.25, -0.2) is 5.43 Å². The molecule has 0 saturated carbocycles. The van der Waals surface area contributed by atoms with Crippen molar-refractivity contribution in [1.82, 2.24) is 10.4 Å². The highest BCUT2D eigenvalue weighted by molar-refractivity contribution is 5.27. The fourth-order valence-corrected chi connectivity index (χ4v) is 1.10. The summed E-state index contributed by atoms with van der Waals surface area (Å²) in [5, 5.41) is 2.04. The lowest BCUT2D eigenvalue weighted by Crippen LogP contribution is -2.31. The van der Waals surface area contributed by atoms with E-state index in [1.165, 1.54) is 5.57 Å². The lowest BCUT2D eigenvalue weighted by Gasteiger charge is -2.17. The summed E-state index contributed by atoms with van der Waals surface area (Å²) < 4.78 is 0. The molecular weight excluding hydrogens is 124 g/mol. The first-order chi connectivity index (χ1) is 4.77. The second-order valence-corrected chi connectivity index (χ2v) is 2.46. The van der Waals surface area contributed by atoms with Crippen LogP contribution in [0.4, 0.5) is 0 Å². The van der Waals surface area contributed by atoms with Crippen LogP contribution in [0.15, 0.2) is 23.9 Å². The van der Waals surface area contributed by atoms with E-state index in [9.17, 15) is 0 Å². The number of nitrogens with zero attached hydrogens (tertiary/aromatic N) is 1. The molecule has 2 heteroatoms. The molecule has 0 unspecified atom stereocenters. The third-order valence-corrected chi connectivity index (χ3v) is 1.80. The Morgan fingerprint density at radius 1 is 1.80 bits per heavy atom. The molecule has 1 aliphatic heterocycles. The van der Waals surface area contributed by atoms with Crippen LogP contribution < -0.4 is 5.43 Å². The fourth-order valence-electron chi connectivity index (χ4n) is 1.10. The van der Waals surface area contributed by atoms with Crippen molar-refractivity contribution in [2.24, 2.45) is 0 Å². The zero-order valence-electron chi connectivity index (χ0n) is 6.65. The molecule has 0 atom stereocenters. The number of hydrogen-bond donors (Lipinski definition) is 1. The first kappa shape index (κ1) is 7.35. The summed E-state index contributed by atoms with van der Waals surface area (Å²) in [6, 6.07) is 0. The van der Waals surface area contributed by atoms with Crippen LogP contribution in [0.25, 0.3) is 0 Å². The highest BCUT2D eigenvalue weighted by atomic mass is 15.5. The average molecular weight is 138 g/mol. The molecule has 10 heavy (non-hydrogen) atoms. The van der Waals surface area contributed by atoms with Gasteiger partial charge in [-0.1, -0.05) is 13.5 Å². The number of nitrogens with one attached hydrogen (secondary N) is 1. The Kier molecular flexibility index (Phi) is 2.12. The Bertz CT molecular complexity index is 170. The molecule has 0 aromatic carbocycles. The van der Waals surface area contributed by atoms with Gasteiger partial charge in [0.15, 0.2) is 0 Å². The Morgan fingerprint density at radius 3 is 2.80 bits per heavy atom. The van der Waals surface area contributed by atoms with Gasteiger partial charge in [-0.3, -0.25) is 0 Å². The van der Waals surface area contributed by atoms with E-state index >= 15 is 0 Å². The van der Waals surface area contributed by atoms with Crippen LogP contribution in [0.2, 0.25) is 0 Å². The van der Waals surface area contributed by atoms with E-state index in [0.29, 0.717) is 0 Å². The molecule has 0 bridgehead atoms. The van der Waals surface area contributed by atoms with Crippen LogP contribution in [0.3, 0.4) is 0 Å². The maximum atomic E-state index is 3.89. The normalized spacial score (nSPS) is 18.0. The molecule has 0 aromatic heterocycles.